The van der Waals surface area contributed by atoms with Gasteiger partial charge in [-0.2, -0.15) is 0 Å². The highest BCUT2D eigenvalue weighted by molar-refractivity contribution is 5.85. The number of methoxy groups -OCH3 is 1. The van der Waals surface area contributed by atoms with Crippen LogP contribution in [0.3, 0.4) is 0 Å². The second-order valence-corrected chi connectivity index (χ2v) is 5.07. The van der Waals surface area contributed by atoms with Crippen LogP contribution in [-0.4, -0.2) is 44.8 Å². The fourth-order valence-electron chi connectivity index (χ4n) is 2.51. The number of hydrogen-bond donors (Lipinski definition) is 1. The molecule has 1 unspecified atom stereocenters. The van der Waals surface area contributed by atoms with Crippen molar-refractivity contribution >= 4 is 12.4 Å². The number of hydrogen-bond acceptors (Lipinski definition) is 4. The van der Waals surface area contributed by atoms with Crippen LogP contribution in [0.4, 0.5) is 0 Å². The molecule has 2 rings (SSSR count). The molecule has 114 valence electrons. The summed E-state index contributed by atoms with van der Waals surface area (Å²) in [5.41, 5.74) is 5.74. The van der Waals surface area contributed by atoms with Crippen molar-refractivity contribution in [3.63, 3.8) is 0 Å². The maximum Gasteiger partial charge on any atom is 0.119 e. The molecule has 0 aromatic heterocycles. The third-order valence-electron chi connectivity index (χ3n) is 3.67. The smallest absolute Gasteiger partial charge is 0.119 e. The van der Waals surface area contributed by atoms with Gasteiger partial charge in [-0.25, -0.2) is 0 Å². The summed E-state index contributed by atoms with van der Waals surface area (Å²) in [6.45, 7) is 4.78. The molecule has 1 aliphatic heterocycles. The van der Waals surface area contributed by atoms with E-state index >= 15 is 0 Å². The van der Waals surface area contributed by atoms with Gasteiger partial charge in [0.15, 0.2) is 0 Å². The van der Waals surface area contributed by atoms with Gasteiger partial charge in [-0.05, 0) is 56.1 Å². The third-order valence-corrected chi connectivity index (χ3v) is 3.67. The van der Waals surface area contributed by atoms with Crippen LogP contribution in [-0.2, 0) is 0 Å². The number of rotatable bonds is 6. The number of nitrogens with zero attached hydrogens (tertiary/aromatic N) is 1. The van der Waals surface area contributed by atoms with Gasteiger partial charge in [-0.3, -0.25) is 4.90 Å². The highest BCUT2D eigenvalue weighted by Crippen LogP contribution is 2.18. The minimum absolute atomic E-state index is 0. The summed E-state index contributed by atoms with van der Waals surface area (Å²) in [6, 6.07) is 7.72. The van der Waals surface area contributed by atoms with Crippen molar-refractivity contribution < 1.29 is 9.47 Å². The summed E-state index contributed by atoms with van der Waals surface area (Å²) < 4.78 is 10.9. The Morgan fingerprint density at radius 3 is 2.60 bits per heavy atom. The summed E-state index contributed by atoms with van der Waals surface area (Å²) >= 11 is 0. The van der Waals surface area contributed by atoms with Gasteiger partial charge in [0.1, 0.15) is 18.1 Å². The lowest BCUT2D eigenvalue weighted by atomic mass is 9.98. The molecule has 0 amide bonds. The fourth-order valence-corrected chi connectivity index (χ4v) is 2.51. The van der Waals surface area contributed by atoms with Crippen LogP contribution < -0.4 is 15.2 Å². The van der Waals surface area contributed by atoms with E-state index in [1.54, 1.807) is 7.11 Å². The first kappa shape index (κ1) is 17.1. The molecule has 0 aliphatic carbocycles. The van der Waals surface area contributed by atoms with E-state index in [2.05, 4.69) is 4.90 Å². The average Bonchev–Trinajstić information content (AvgIpc) is 2.48. The van der Waals surface area contributed by atoms with Crippen LogP contribution in [0, 0.1) is 5.92 Å². The molecule has 20 heavy (non-hydrogen) atoms. The lowest BCUT2D eigenvalue weighted by molar-refractivity contribution is 0.149. The zero-order chi connectivity index (χ0) is 13.5. The molecule has 1 fully saturated rings. The maximum atomic E-state index is 5.75. The maximum absolute atomic E-state index is 5.75. The van der Waals surface area contributed by atoms with Crippen molar-refractivity contribution in [2.24, 2.45) is 11.7 Å². The number of likely N-dealkylation sites (tertiary alicyclic amines) is 1. The van der Waals surface area contributed by atoms with Crippen molar-refractivity contribution in [2.75, 3.05) is 39.9 Å². The Morgan fingerprint density at radius 2 is 1.95 bits per heavy atom. The first-order valence-electron chi connectivity index (χ1n) is 7.01. The van der Waals surface area contributed by atoms with Crippen molar-refractivity contribution in [1.82, 2.24) is 4.90 Å². The van der Waals surface area contributed by atoms with Gasteiger partial charge < -0.3 is 15.2 Å². The quantitative estimate of drug-likeness (QED) is 0.875. The minimum Gasteiger partial charge on any atom is -0.497 e. The van der Waals surface area contributed by atoms with Crippen LogP contribution in [0.25, 0.3) is 0 Å². The normalized spacial score (nSPS) is 19.2. The van der Waals surface area contributed by atoms with E-state index in [4.69, 9.17) is 15.2 Å². The summed E-state index contributed by atoms with van der Waals surface area (Å²) in [7, 11) is 1.67. The summed E-state index contributed by atoms with van der Waals surface area (Å²) in [5, 5.41) is 0. The average molecular weight is 301 g/mol. The Hall–Kier alpha value is -0.970. The molecule has 1 aromatic rings. The second kappa shape index (κ2) is 9.06. The van der Waals surface area contributed by atoms with Crippen LogP contribution in [0.15, 0.2) is 24.3 Å². The van der Waals surface area contributed by atoms with Gasteiger partial charge in [0.2, 0.25) is 0 Å². The van der Waals surface area contributed by atoms with Crippen LogP contribution in [0.5, 0.6) is 11.5 Å². The van der Waals surface area contributed by atoms with E-state index in [0.29, 0.717) is 5.92 Å². The molecular formula is C15H25ClN2O2. The molecule has 1 atom stereocenters. The van der Waals surface area contributed by atoms with E-state index in [1.165, 1.54) is 19.4 Å². The van der Waals surface area contributed by atoms with Gasteiger partial charge in [0.25, 0.3) is 0 Å². The van der Waals surface area contributed by atoms with Crippen LogP contribution in [0.1, 0.15) is 12.8 Å². The van der Waals surface area contributed by atoms with E-state index in [0.717, 1.165) is 37.7 Å². The molecule has 0 saturated carbocycles. The van der Waals surface area contributed by atoms with E-state index in [9.17, 15) is 0 Å². The van der Waals surface area contributed by atoms with Gasteiger partial charge in [-0.1, -0.05) is 0 Å². The first-order chi connectivity index (χ1) is 9.31. The Labute approximate surface area is 127 Å². The van der Waals surface area contributed by atoms with Crippen molar-refractivity contribution in [1.29, 1.82) is 0 Å². The Morgan fingerprint density at radius 1 is 1.25 bits per heavy atom. The Bertz CT molecular complexity index is 373. The highest BCUT2D eigenvalue weighted by atomic mass is 35.5. The van der Waals surface area contributed by atoms with E-state index in [-0.39, 0.29) is 12.4 Å². The van der Waals surface area contributed by atoms with Crippen molar-refractivity contribution in [3.8, 4) is 11.5 Å². The van der Waals surface area contributed by atoms with Crippen LogP contribution >= 0.6 is 12.4 Å². The number of ether oxygens (including phenoxy) is 2. The topological polar surface area (TPSA) is 47.7 Å². The number of benzene rings is 1. The van der Waals surface area contributed by atoms with Crippen molar-refractivity contribution in [3.05, 3.63) is 24.3 Å². The molecule has 5 heteroatoms. The molecule has 4 nitrogen and oxygen atoms in total. The summed E-state index contributed by atoms with van der Waals surface area (Å²) in [6.07, 6.45) is 2.52. The predicted octanol–water partition coefficient (Wildman–Crippen LogP) is 2.17. The van der Waals surface area contributed by atoms with Gasteiger partial charge in [0.05, 0.1) is 7.11 Å². The lowest BCUT2D eigenvalue weighted by Crippen LogP contribution is -2.40. The first-order valence-corrected chi connectivity index (χ1v) is 7.01. The zero-order valence-corrected chi connectivity index (χ0v) is 12.9. The zero-order valence-electron chi connectivity index (χ0n) is 12.1. The van der Waals surface area contributed by atoms with Gasteiger partial charge in [-0.15, -0.1) is 12.4 Å². The SMILES string of the molecule is COc1ccc(OCCN2CCCC(CN)C2)cc1.Cl. The number of piperidine rings is 1. The van der Waals surface area contributed by atoms with Crippen molar-refractivity contribution in [2.45, 2.75) is 12.8 Å². The fraction of sp³-hybridized carbons (Fsp3) is 0.600. The number of halogens is 1. The molecule has 1 aliphatic rings. The standard InChI is InChI=1S/C15H24N2O2.ClH/c1-18-14-4-6-15(7-5-14)19-10-9-17-8-2-3-13(11-16)12-17;/h4-7,13H,2-3,8-12,16H2,1H3;1H. The third kappa shape index (κ3) is 5.19. The molecule has 1 saturated heterocycles. The predicted molar refractivity (Wildman–Crippen MR) is 84.0 cm³/mol. The minimum atomic E-state index is 0. The molecule has 0 radical (unpaired) electrons. The highest BCUT2D eigenvalue weighted by Gasteiger charge is 2.18. The van der Waals surface area contributed by atoms with E-state index < -0.39 is 0 Å². The van der Waals surface area contributed by atoms with E-state index in [1.807, 2.05) is 24.3 Å². The van der Waals surface area contributed by atoms with Crippen LogP contribution in [0.2, 0.25) is 0 Å². The summed E-state index contributed by atoms with van der Waals surface area (Å²) in [5.74, 6) is 2.41. The molecule has 2 N–H and O–H groups in total. The van der Waals surface area contributed by atoms with Gasteiger partial charge in [0, 0.05) is 13.1 Å². The molecule has 0 bridgehead atoms. The molecule has 1 heterocycles. The number of nitrogens with two attached hydrogens (primary N) is 1. The largest absolute Gasteiger partial charge is 0.497 e. The molecule has 0 spiro atoms. The molecular weight excluding hydrogens is 276 g/mol. The monoisotopic (exact) mass is 300 g/mol. The summed E-state index contributed by atoms with van der Waals surface area (Å²) in [4.78, 5) is 2.45. The van der Waals surface area contributed by atoms with Gasteiger partial charge >= 0.3 is 0 Å². The Kier molecular flexibility index (Phi) is 7.73. The Balaban J connectivity index is 0.00000200. The second-order valence-electron chi connectivity index (χ2n) is 5.07. The lowest BCUT2D eigenvalue weighted by Gasteiger charge is -2.31. The molecule has 1 aromatic carbocycles.